The van der Waals surface area contributed by atoms with Crippen molar-refractivity contribution in [3.63, 3.8) is 0 Å². The van der Waals surface area contributed by atoms with Crippen LogP contribution in [0.2, 0.25) is 5.02 Å². The molecular formula is C17H17ClO2. The van der Waals surface area contributed by atoms with Gasteiger partial charge in [-0.05, 0) is 43.2 Å². The molecule has 0 spiro atoms. The second-order valence-corrected chi connectivity index (χ2v) is 5.28. The number of hydrogen-bond donors (Lipinski definition) is 0. The van der Waals surface area contributed by atoms with Crippen LogP contribution in [0.25, 0.3) is 0 Å². The first kappa shape index (κ1) is 14.6. The standard InChI is InChI=1S/C17H17ClO2/c1-11-4-5-12(2)13(8-11)9-17(19)15-7-6-14(20-3)10-16(15)18/h4-8,10H,9H2,1-3H3. The fourth-order valence-electron chi connectivity index (χ4n) is 2.11. The molecule has 2 aromatic rings. The van der Waals surface area contributed by atoms with E-state index in [4.69, 9.17) is 16.3 Å². The third kappa shape index (κ3) is 3.20. The normalized spacial score (nSPS) is 10.4. The van der Waals surface area contributed by atoms with E-state index in [9.17, 15) is 4.79 Å². The summed E-state index contributed by atoms with van der Waals surface area (Å²) >= 11 is 6.14. The summed E-state index contributed by atoms with van der Waals surface area (Å²) in [7, 11) is 1.57. The maximum Gasteiger partial charge on any atom is 0.168 e. The zero-order chi connectivity index (χ0) is 14.7. The topological polar surface area (TPSA) is 26.3 Å². The molecule has 0 heterocycles. The minimum absolute atomic E-state index is 0.0198. The summed E-state index contributed by atoms with van der Waals surface area (Å²) in [5.41, 5.74) is 3.85. The lowest BCUT2D eigenvalue weighted by molar-refractivity contribution is 0.0993. The number of carbonyl (C=O) groups is 1. The van der Waals surface area contributed by atoms with E-state index in [2.05, 4.69) is 0 Å². The lowest BCUT2D eigenvalue weighted by Crippen LogP contribution is -2.06. The molecule has 0 radical (unpaired) electrons. The van der Waals surface area contributed by atoms with E-state index in [0.29, 0.717) is 22.8 Å². The molecule has 0 unspecified atom stereocenters. The molecule has 20 heavy (non-hydrogen) atoms. The van der Waals surface area contributed by atoms with E-state index >= 15 is 0 Å². The van der Waals surface area contributed by atoms with Crippen LogP contribution in [-0.4, -0.2) is 12.9 Å². The van der Waals surface area contributed by atoms with Gasteiger partial charge in [0.05, 0.1) is 12.1 Å². The molecule has 0 saturated heterocycles. The first-order chi connectivity index (χ1) is 9.51. The number of carbonyl (C=O) groups excluding carboxylic acids is 1. The average molecular weight is 289 g/mol. The molecular weight excluding hydrogens is 272 g/mol. The number of aryl methyl sites for hydroxylation is 2. The number of ether oxygens (including phenoxy) is 1. The van der Waals surface area contributed by atoms with E-state index in [1.807, 2.05) is 32.0 Å². The van der Waals surface area contributed by atoms with Gasteiger partial charge in [-0.15, -0.1) is 0 Å². The van der Waals surface area contributed by atoms with E-state index in [1.165, 1.54) is 0 Å². The van der Waals surface area contributed by atoms with Gasteiger partial charge in [-0.3, -0.25) is 4.79 Å². The van der Waals surface area contributed by atoms with Crippen LogP contribution in [0.3, 0.4) is 0 Å². The van der Waals surface area contributed by atoms with Crippen LogP contribution in [-0.2, 0) is 6.42 Å². The number of halogens is 1. The maximum atomic E-state index is 12.4. The van der Waals surface area contributed by atoms with Crippen molar-refractivity contribution in [2.45, 2.75) is 20.3 Å². The maximum absolute atomic E-state index is 12.4. The molecule has 3 heteroatoms. The second-order valence-electron chi connectivity index (χ2n) is 4.88. The van der Waals surface area contributed by atoms with Crippen molar-refractivity contribution in [2.24, 2.45) is 0 Å². The summed E-state index contributed by atoms with van der Waals surface area (Å²) in [6.07, 6.45) is 0.361. The summed E-state index contributed by atoms with van der Waals surface area (Å²) in [5, 5.41) is 0.430. The SMILES string of the molecule is COc1ccc(C(=O)Cc2cc(C)ccc2C)c(Cl)c1. The van der Waals surface area contributed by atoms with Crippen molar-refractivity contribution < 1.29 is 9.53 Å². The van der Waals surface area contributed by atoms with Crippen LogP contribution in [0, 0.1) is 13.8 Å². The van der Waals surface area contributed by atoms with Crippen LogP contribution in [0.5, 0.6) is 5.75 Å². The molecule has 0 bridgehead atoms. The predicted molar refractivity (Wildman–Crippen MR) is 82.0 cm³/mol. The van der Waals surface area contributed by atoms with Gasteiger partial charge in [-0.1, -0.05) is 35.4 Å². The zero-order valence-electron chi connectivity index (χ0n) is 11.9. The number of methoxy groups -OCH3 is 1. The van der Waals surface area contributed by atoms with Gasteiger partial charge in [0.1, 0.15) is 5.75 Å². The smallest absolute Gasteiger partial charge is 0.168 e. The second kappa shape index (κ2) is 6.10. The Morgan fingerprint density at radius 3 is 2.55 bits per heavy atom. The first-order valence-electron chi connectivity index (χ1n) is 6.44. The number of ketones is 1. The van der Waals surface area contributed by atoms with Gasteiger partial charge in [0.25, 0.3) is 0 Å². The molecule has 0 saturated carbocycles. The molecule has 104 valence electrons. The highest BCUT2D eigenvalue weighted by Gasteiger charge is 2.13. The van der Waals surface area contributed by atoms with Crippen LogP contribution < -0.4 is 4.74 Å². The largest absolute Gasteiger partial charge is 0.497 e. The minimum Gasteiger partial charge on any atom is -0.497 e. The monoisotopic (exact) mass is 288 g/mol. The lowest BCUT2D eigenvalue weighted by atomic mass is 9.98. The van der Waals surface area contributed by atoms with Crippen LogP contribution in [0.15, 0.2) is 36.4 Å². The van der Waals surface area contributed by atoms with Gasteiger partial charge >= 0.3 is 0 Å². The van der Waals surface area contributed by atoms with Gasteiger partial charge in [0.15, 0.2) is 5.78 Å². The van der Waals surface area contributed by atoms with Gasteiger partial charge in [0.2, 0.25) is 0 Å². The minimum atomic E-state index is 0.0198. The molecule has 0 aromatic heterocycles. The zero-order valence-corrected chi connectivity index (χ0v) is 12.6. The summed E-state index contributed by atoms with van der Waals surface area (Å²) < 4.78 is 5.09. The molecule has 2 nitrogen and oxygen atoms in total. The van der Waals surface area contributed by atoms with Crippen molar-refractivity contribution in [1.29, 1.82) is 0 Å². The van der Waals surface area contributed by atoms with Crippen LogP contribution in [0.1, 0.15) is 27.0 Å². The number of Topliss-reactive ketones (excluding diaryl/α,β-unsaturated/α-hetero) is 1. The highest BCUT2D eigenvalue weighted by atomic mass is 35.5. The van der Waals surface area contributed by atoms with E-state index in [1.54, 1.807) is 25.3 Å². The van der Waals surface area contributed by atoms with Crippen molar-refractivity contribution in [3.05, 3.63) is 63.7 Å². The Bertz CT molecular complexity index is 647. The first-order valence-corrected chi connectivity index (χ1v) is 6.82. The Labute approximate surface area is 124 Å². The quantitative estimate of drug-likeness (QED) is 0.780. The Kier molecular flexibility index (Phi) is 4.46. The fraction of sp³-hybridized carbons (Fsp3) is 0.235. The highest BCUT2D eigenvalue weighted by Crippen LogP contribution is 2.24. The summed E-state index contributed by atoms with van der Waals surface area (Å²) in [6, 6.07) is 11.3. The van der Waals surface area contributed by atoms with Crippen LogP contribution >= 0.6 is 11.6 Å². The molecule has 0 aliphatic heterocycles. The predicted octanol–water partition coefficient (Wildman–Crippen LogP) is 4.39. The molecule has 0 amide bonds. The summed E-state index contributed by atoms with van der Waals surface area (Å²) in [6.45, 7) is 4.03. The van der Waals surface area contributed by atoms with Crippen molar-refractivity contribution in [1.82, 2.24) is 0 Å². The van der Waals surface area contributed by atoms with Crippen LogP contribution in [0.4, 0.5) is 0 Å². The Hall–Kier alpha value is -1.80. The molecule has 2 aromatic carbocycles. The molecule has 2 rings (SSSR count). The van der Waals surface area contributed by atoms with Crippen molar-refractivity contribution in [2.75, 3.05) is 7.11 Å². The third-order valence-corrected chi connectivity index (χ3v) is 3.65. The Morgan fingerprint density at radius 2 is 1.90 bits per heavy atom. The molecule has 0 N–H and O–H groups in total. The van der Waals surface area contributed by atoms with E-state index in [-0.39, 0.29) is 5.78 Å². The Balaban J connectivity index is 2.26. The number of hydrogen-bond acceptors (Lipinski definition) is 2. The number of rotatable bonds is 4. The van der Waals surface area contributed by atoms with Gasteiger partial charge in [-0.2, -0.15) is 0 Å². The summed E-state index contributed by atoms with van der Waals surface area (Å²) in [4.78, 5) is 12.4. The Morgan fingerprint density at radius 1 is 1.15 bits per heavy atom. The molecule has 0 fully saturated rings. The fourth-order valence-corrected chi connectivity index (χ4v) is 2.38. The molecule has 0 aliphatic rings. The molecule has 0 aliphatic carbocycles. The van der Waals surface area contributed by atoms with Crippen molar-refractivity contribution in [3.8, 4) is 5.75 Å². The summed E-state index contributed by atoms with van der Waals surface area (Å²) in [5.74, 6) is 0.671. The van der Waals surface area contributed by atoms with E-state index < -0.39 is 0 Å². The lowest BCUT2D eigenvalue weighted by Gasteiger charge is -2.09. The van der Waals surface area contributed by atoms with E-state index in [0.717, 1.165) is 16.7 Å². The number of benzene rings is 2. The highest BCUT2D eigenvalue weighted by molar-refractivity contribution is 6.34. The third-order valence-electron chi connectivity index (χ3n) is 3.33. The van der Waals surface area contributed by atoms with Crippen molar-refractivity contribution >= 4 is 17.4 Å². The average Bonchev–Trinajstić information content (AvgIpc) is 2.42. The van der Waals surface area contributed by atoms with Gasteiger partial charge in [0, 0.05) is 12.0 Å². The van der Waals surface area contributed by atoms with Gasteiger partial charge in [-0.25, -0.2) is 0 Å². The molecule has 0 atom stereocenters. The van der Waals surface area contributed by atoms with Gasteiger partial charge < -0.3 is 4.74 Å².